The standard InChI is InChI=1S/C12H16BrNO4S/c1-12(2,3)14-19(17,18)10-6-8(7-11(15)16)4-5-9(10)13/h4-6,14H,7H2,1-3H3,(H,15,16). The van der Waals surface area contributed by atoms with Crippen molar-refractivity contribution >= 4 is 31.9 Å². The molecule has 0 unspecified atom stereocenters. The molecule has 2 N–H and O–H groups in total. The van der Waals surface area contributed by atoms with Crippen molar-refractivity contribution in [2.24, 2.45) is 0 Å². The summed E-state index contributed by atoms with van der Waals surface area (Å²) in [6, 6.07) is 4.48. The van der Waals surface area contributed by atoms with Crippen LogP contribution < -0.4 is 4.72 Å². The van der Waals surface area contributed by atoms with Gasteiger partial charge in [-0.1, -0.05) is 6.07 Å². The van der Waals surface area contributed by atoms with Crippen molar-refractivity contribution in [3.05, 3.63) is 28.2 Å². The number of nitrogens with one attached hydrogen (secondary N) is 1. The van der Waals surface area contributed by atoms with Crippen LogP contribution in [0.4, 0.5) is 0 Å². The maximum absolute atomic E-state index is 12.2. The Hall–Kier alpha value is -0.920. The number of carboxylic acids is 1. The molecule has 106 valence electrons. The van der Waals surface area contributed by atoms with Crippen LogP contribution in [0.1, 0.15) is 26.3 Å². The Morgan fingerprint density at radius 3 is 2.42 bits per heavy atom. The number of halogens is 1. The molecule has 0 atom stereocenters. The van der Waals surface area contributed by atoms with Crippen molar-refractivity contribution in [1.29, 1.82) is 0 Å². The van der Waals surface area contributed by atoms with Gasteiger partial charge in [0, 0.05) is 10.0 Å². The number of rotatable bonds is 4. The fourth-order valence-electron chi connectivity index (χ4n) is 1.50. The normalized spacial score (nSPS) is 12.4. The average Bonchev–Trinajstić information content (AvgIpc) is 2.16. The molecule has 1 aromatic rings. The molecule has 0 aromatic heterocycles. The van der Waals surface area contributed by atoms with Crippen LogP contribution in [0, 0.1) is 0 Å². The second kappa shape index (κ2) is 5.60. The molecule has 0 spiro atoms. The minimum Gasteiger partial charge on any atom is -0.481 e. The molecule has 5 nitrogen and oxygen atoms in total. The minimum absolute atomic E-state index is 0.0428. The summed E-state index contributed by atoms with van der Waals surface area (Å²) in [6.45, 7) is 5.21. The van der Waals surface area contributed by atoms with Gasteiger partial charge in [-0.15, -0.1) is 0 Å². The van der Waals surface area contributed by atoms with Crippen LogP contribution in [-0.2, 0) is 21.2 Å². The molecule has 0 amide bonds. The number of carbonyl (C=O) groups is 1. The Bertz CT molecular complexity index is 590. The first-order valence-electron chi connectivity index (χ1n) is 5.55. The van der Waals surface area contributed by atoms with E-state index in [0.29, 0.717) is 10.0 Å². The molecule has 0 saturated carbocycles. The number of sulfonamides is 1. The fourth-order valence-corrected chi connectivity index (χ4v) is 3.93. The van der Waals surface area contributed by atoms with Crippen LogP contribution in [0.5, 0.6) is 0 Å². The highest BCUT2D eigenvalue weighted by Crippen LogP contribution is 2.24. The topological polar surface area (TPSA) is 83.5 Å². The highest BCUT2D eigenvalue weighted by molar-refractivity contribution is 9.10. The lowest BCUT2D eigenvalue weighted by Crippen LogP contribution is -2.40. The lowest BCUT2D eigenvalue weighted by molar-refractivity contribution is -0.136. The third kappa shape index (κ3) is 4.93. The zero-order valence-electron chi connectivity index (χ0n) is 10.9. The molecule has 19 heavy (non-hydrogen) atoms. The van der Waals surface area contributed by atoms with Crippen LogP contribution in [0.25, 0.3) is 0 Å². The van der Waals surface area contributed by atoms with Crippen LogP contribution >= 0.6 is 15.9 Å². The van der Waals surface area contributed by atoms with Crippen LogP contribution in [-0.4, -0.2) is 25.0 Å². The molecule has 0 bridgehead atoms. The van der Waals surface area contributed by atoms with Gasteiger partial charge in [-0.05, 0) is 54.4 Å². The van der Waals surface area contributed by atoms with Gasteiger partial charge in [0.15, 0.2) is 0 Å². The van der Waals surface area contributed by atoms with Crippen molar-refractivity contribution in [1.82, 2.24) is 4.72 Å². The summed E-state index contributed by atoms with van der Waals surface area (Å²) < 4.78 is 27.4. The van der Waals surface area contributed by atoms with Gasteiger partial charge in [0.2, 0.25) is 10.0 Å². The summed E-state index contributed by atoms with van der Waals surface area (Å²) in [5.74, 6) is -1.01. The van der Waals surface area contributed by atoms with Crippen LogP contribution in [0.2, 0.25) is 0 Å². The lowest BCUT2D eigenvalue weighted by Gasteiger charge is -2.21. The molecule has 1 aromatic carbocycles. The second-order valence-electron chi connectivity index (χ2n) is 5.19. The first-order valence-corrected chi connectivity index (χ1v) is 7.83. The van der Waals surface area contributed by atoms with E-state index in [1.54, 1.807) is 26.8 Å². The predicted molar refractivity (Wildman–Crippen MR) is 75.6 cm³/mol. The van der Waals surface area contributed by atoms with E-state index in [1.807, 2.05) is 0 Å². The fraction of sp³-hybridized carbons (Fsp3) is 0.417. The van der Waals surface area contributed by atoms with Gasteiger partial charge in [0.05, 0.1) is 11.3 Å². The molecule has 0 heterocycles. The van der Waals surface area contributed by atoms with Gasteiger partial charge in [-0.2, -0.15) is 0 Å². The Balaban J connectivity index is 3.22. The Labute approximate surface area is 121 Å². The Morgan fingerprint density at radius 2 is 1.95 bits per heavy atom. The highest BCUT2D eigenvalue weighted by atomic mass is 79.9. The van der Waals surface area contributed by atoms with E-state index in [1.165, 1.54) is 12.1 Å². The first-order chi connectivity index (χ1) is 8.51. The quantitative estimate of drug-likeness (QED) is 0.872. The van der Waals surface area contributed by atoms with Gasteiger partial charge >= 0.3 is 5.97 Å². The molecule has 0 aliphatic carbocycles. The van der Waals surface area contributed by atoms with E-state index < -0.39 is 21.5 Å². The summed E-state index contributed by atoms with van der Waals surface area (Å²) in [5.41, 5.74) is -0.175. The molecular weight excluding hydrogens is 334 g/mol. The smallest absolute Gasteiger partial charge is 0.307 e. The summed E-state index contributed by atoms with van der Waals surface area (Å²) in [5, 5.41) is 8.74. The number of aliphatic carboxylic acids is 1. The minimum atomic E-state index is -3.70. The lowest BCUT2D eigenvalue weighted by atomic mass is 10.1. The van der Waals surface area contributed by atoms with Crippen LogP contribution in [0.3, 0.4) is 0 Å². The van der Waals surface area contributed by atoms with Crippen molar-refractivity contribution in [2.45, 2.75) is 37.6 Å². The van der Waals surface area contributed by atoms with E-state index in [2.05, 4.69) is 20.7 Å². The largest absolute Gasteiger partial charge is 0.481 e. The molecule has 1 rings (SSSR count). The zero-order valence-corrected chi connectivity index (χ0v) is 13.3. The summed E-state index contributed by atoms with van der Waals surface area (Å²) in [7, 11) is -3.70. The van der Waals surface area contributed by atoms with E-state index in [-0.39, 0.29) is 11.3 Å². The molecule has 0 aliphatic rings. The zero-order chi connectivity index (χ0) is 14.8. The Morgan fingerprint density at radius 1 is 1.37 bits per heavy atom. The van der Waals surface area contributed by atoms with E-state index in [9.17, 15) is 13.2 Å². The van der Waals surface area contributed by atoms with Gasteiger partial charge < -0.3 is 5.11 Å². The average molecular weight is 350 g/mol. The number of hydrogen-bond acceptors (Lipinski definition) is 3. The maximum Gasteiger partial charge on any atom is 0.307 e. The number of benzene rings is 1. The summed E-state index contributed by atoms with van der Waals surface area (Å²) in [4.78, 5) is 10.7. The SMILES string of the molecule is CC(C)(C)NS(=O)(=O)c1cc(CC(=O)O)ccc1Br. The molecule has 0 aliphatic heterocycles. The number of hydrogen-bond donors (Lipinski definition) is 2. The van der Waals surface area contributed by atoms with E-state index in [0.717, 1.165) is 0 Å². The second-order valence-corrected chi connectivity index (χ2v) is 7.70. The molecule has 7 heteroatoms. The summed E-state index contributed by atoms with van der Waals surface area (Å²) >= 11 is 3.17. The predicted octanol–water partition coefficient (Wildman–Crippen LogP) is 2.15. The van der Waals surface area contributed by atoms with Gasteiger partial charge in [0.1, 0.15) is 0 Å². The van der Waals surface area contributed by atoms with Crippen LogP contribution in [0.15, 0.2) is 27.6 Å². The van der Waals surface area contributed by atoms with Crippen molar-refractivity contribution in [3.63, 3.8) is 0 Å². The Kier molecular flexibility index (Phi) is 4.76. The monoisotopic (exact) mass is 349 g/mol. The maximum atomic E-state index is 12.2. The van der Waals surface area contributed by atoms with Gasteiger partial charge in [-0.25, -0.2) is 13.1 Å². The molecular formula is C12H16BrNO4S. The third-order valence-electron chi connectivity index (χ3n) is 2.08. The number of carboxylic acid groups (broad SMARTS) is 1. The van der Waals surface area contributed by atoms with Crippen molar-refractivity contribution in [3.8, 4) is 0 Å². The molecule has 0 fully saturated rings. The van der Waals surface area contributed by atoms with Gasteiger partial charge in [-0.3, -0.25) is 4.79 Å². The third-order valence-corrected chi connectivity index (χ3v) is 4.83. The summed E-state index contributed by atoms with van der Waals surface area (Å²) in [6.07, 6.45) is -0.217. The molecule has 0 saturated heterocycles. The van der Waals surface area contributed by atoms with E-state index in [4.69, 9.17) is 5.11 Å². The van der Waals surface area contributed by atoms with Crippen molar-refractivity contribution in [2.75, 3.05) is 0 Å². The highest BCUT2D eigenvalue weighted by Gasteiger charge is 2.24. The van der Waals surface area contributed by atoms with E-state index >= 15 is 0 Å². The van der Waals surface area contributed by atoms with Gasteiger partial charge in [0.25, 0.3) is 0 Å². The van der Waals surface area contributed by atoms with Crippen molar-refractivity contribution < 1.29 is 18.3 Å². The molecule has 0 radical (unpaired) electrons. The first kappa shape index (κ1) is 16.1.